The summed E-state index contributed by atoms with van der Waals surface area (Å²) in [7, 11) is -2.90. The first-order valence-electron chi connectivity index (χ1n) is 8.30. The van der Waals surface area contributed by atoms with Gasteiger partial charge in [0.1, 0.15) is 0 Å². The molecule has 0 radical (unpaired) electrons. The number of hydrogen-bond donors (Lipinski definition) is 2. The number of benzene rings is 2. The number of nitrogens with zero attached hydrogens (tertiary/aromatic N) is 1. The largest absolute Gasteiger partial charge is 0.326 e. The Labute approximate surface area is 165 Å². The molecule has 1 aliphatic rings. The van der Waals surface area contributed by atoms with Crippen LogP contribution in [0, 0.1) is 5.92 Å². The van der Waals surface area contributed by atoms with E-state index in [1.54, 1.807) is 36.7 Å². The van der Waals surface area contributed by atoms with E-state index in [-0.39, 0.29) is 22.6 Å². The van der Waals surface area contributed by atoms with Gasteiger partial charge in [-0.15, -0.1) is 0 Å². The Bertz CT molecular complexity index is 1110. The van der Waals surface area contributed by atoms with Crippen LogP contribution < -0.4 is 5.32 Å². The van der Waals surface area contributed by atoms with E-state index in [2.05, 4.69) is 22.0 Å². The summed E-state index contributed by atoms with van der Waals surface area (Å²) in [6.45, 7) is 0. The molecule has 1 amide bonds. The maximum absolute atomic E-state index is 12.5. The van der Waals surface area contributed by atoms with E-state index in [0.29, 0.717) is 9.83 Å². The van der Waals surface area contributed by atoms with E-state index in [9.17, 15) is 13.2 Å². The van der Waals surface area contributed by atoms with E-state index in [4.69, 9.17) is 0 Å². The monoisotopic (exact) mass is 416 g/mol. The molecule has 1 fully saturated rings. The number of fused-ring (bicyclic) bond motifs is 1. The van der Waals surface area contributed by atoms with Crippen molar-refractivity contribution in [3.63, 3.8) is 0 Å². The molecule has 3 aromatic rings. The maximum atomic E-state index is 12.5. The average Bonchev–Trinajstić information content (AvgIpc) is 3.49. The molecule has 0 spiro atoms. The number of pyridine rings is 1. The zero-order chi connectivity index (χ0) is 19.0. The molecule has 1 aromatic heterocycles. The van der Waals surface area contributed by atoms with Gasteiger partial charge in [0.2, 0.25) is 14.8 Å². The number of carbonyl (C=O) groups is 1. The third-order valence-corrected chi connectivity index (χ3v) is 8.71. The summed E-state index contributed by atoms with van der Waals surface area (Å²) >= 11 is 3.77. The Morgan fingerprint density at radius 1 is 1.11 bits per heavy atom. The third kappa shape index (κ3) is 3.83. The van der Waals surface area contributed by atoms with Gasteiger partial charge in [-0.2, -0.15) is 0 Å². The number of nitrogens with one attached hydrogen (secondary N) is 1. The minimum absolute atomic E-state index is 0.0176. The van der Waals surface area contributed by atoms with Gasteiger partial charge in [0.25, 0.3) is 0 Å². The van der Waals surface area contributed by atoms with E-state index < -0.39 is 8.87 Å². The predicted octanol–water partition coefficient (Wildman–Crippen LogP) is 4.24. The Morgan fingerprint density at radius 3 is 2.63 bits per heavy atom. The first kappa shape index (κ1) is 18.3. The molecule has 1 N–H and O–H groups in total. The summed E-state index contributed by atoms with van der Waals surface area (Å²) in [5.41, 5.74) is 1.74. The highest BCUT2D eigenvalue weighted by atomic mass is 33.5. The minimum atomic E-state index is -3.41. The number of carbonyl (C=O) groups excluding carboxylic acids is 1. The molecule has 2 atom stereocenters. The molecule has 138 valence electrons. The molecule has 4 rings (SSSR count). The van der Waals surface area contributed by atoms with E-state index >= 15 is 0 Å². The Balaban J connectivity index is 1.44. The molecule has 2 aromatic carbocycles. The van der Waals surface area contributed by atoms with Crippen LogP contribution in [-0.4, -0.2) is 19.3 Å². The summed E-state index contributed by atoms with van der Waals surface area (Å²) < 4.78 is 23.6. The zero-order valence-electron chi connectivity index (χ0n) is 14.1. The Morgan fingerprint density at radius 2 is 1.89 bits per heavy atom. The van der Waals surface area contributed by atoms with Crippen molar-refractivity contribution in [1.82, 2.24) is 4.98 Å². The normalized spacial score (nSPS) is 19.0. The van der Waals surface area contributed by atoms with Crippen LogP contribution in [0.15, 0.2) is 65.8 Å². The lowest BCUT2D eigenvalue weighted by atomic mass is 10.1. The molecule has 1 aliphatic carbocycles. The topological polar surface area (TPSA) is 76.1 Å². The molecule has 1 heterocycles. The number of rotatable bonds is 5. The second-order valence-corrected chi connectivity index (χ2v) is 11.1. The highest BCUT2D eigenvalue weighted by molar-refractivity contribution is 9.02. The Hall–Kier alpha value is -2.03. The van der Waals surface area contributed by atoms with Gasteiger partial charge in [0, 0.05) is 39.2 Å². The van der Waals surface area contributed by atoms with Gasteiger partial charge in [-0.1, -0.05) is 29.9 Å². The first-order chi connectivity index (χ1) is 13.0. The molecule has 5 nitrogen and oxygen atoms in total. The van der Waals surface area contributed by atoms with Crippen molar-refractivity contribution >= 4 is 52.7 Å². The van der Waals surface area contributed by atoms with Crippen LogP contribution in [0.2, 0.25) is 0 Å². The molecule has 1 saturated carbocycles. The fraction of sp³-hybridized carbons (Fsp3) is 0.158. The van der Waals surface area contributed by atoms with Gasteiger partial charge in [0.15, 0.2) is 0 Å². The van der Waals surface area contributed by atoms with Crippen LogP contribution in [0.4, 0.5) is 5.69 Å². The van der Waals surface area contributed by atoms with E-state index in [1.807, 2.05) is 24.3 Å². The summed E-state index contributed by atoms with van der Waals surface area (Å²) in [5, 5.41) is 5.02. The molecular weight excluding hydrogens is 400 g/mol. The van der Waals surface area contributed by atoms with Crippen LogP contribution in [0.3, 0.4) is 0 Å². The number of thiol groups is 1. The van der Waals surface area contributed by atoms with Gasteiger partial charge in [-0.05, 0) is 53.6 Å². The van der Waals surface area contributed by atoms with Crippen molar-refractivity contribution in [2.75, 3.05) is 5.32 Å². The van der Waals surface area contributed by atoms with E-state index in [1.165, 1.54) is 0 Å². The fourth-order valence-corrected chi connectivity index (χ4v) is 5.10. The van der Waals surface area contributed by atoms with Crippen LogP contribution >= 0.6 is 21.5 Å². The summed E-state index contributed by atoms with van der Waals surface area (Å²) in [5.74, 6) is 0.00549. The minimum Gasteiger partial charge on any atom is -0.326 e. The summed E-state index contributed by atoms with van der Waals surface area (Å²) in [4.78, 5) is 16.8. The van der Waals surface area contributed by atoms with E-state index in [0.717, 1.165) is 28.4 Å². The third-order valence-electron chi connectivity index (χ3n) is 4.73. The van der Waals surface area contributed by atoms with Crippen LogP contribution in [0.5, 0.6) is 0 Å². The Kier molecular flexibility index (Phi) is 4.88. The molecule has 0 unspecified atom stereocenters. The fourth-order valence-electron chi connectivity index (χ4n) is 3.17. The van der Waals surface area contributed by atoms with Crippen molar-refractivity contribution in [2.45, 2.75) is 17.2 Å². The standard InChI is InChI=1S/C19H16N2O3S3/c22-19(21-15-4-1-14-11-20-8-7-13(14)9-15)18-10-17(18)12-2-5-16(6-3-12)27(23,24)26-25/h1-9,11,17-18,25H,10H2,(H,21,22)/t17-,18+/m0/s1. The van der Waals surface area contributed by atoms with Crippen molar-refractivity contribution in [1.29, 1.82) is 0 Å². The van der Waals surface area contributed by atoms with Gasteiger partial charge in [-0.25, -0.2) is 8.42 Å². The smallest absolute Gasteiger partial charge is 0.239 e. The number of aromatic nitrogens is 1. The molecule has 0 saturated heterocycles. The van der Waals surface area contributed by atoms with Crippen molar-refractivity contribution < 1.29 is 13.2 Å². The van der Waals surface area contributed by atoms with Crippen LogP contribution in [0.25, 0.3) is 10.8 Å². The van der Waals surface area contributed by atoms with Gasteiger partial charge >= 0.3 is 0 Å². The van der Waals surface area contributed by atoms with Crippen molar-refractivity contribution in [2.24, 2.45) is 5.92 Å². The quantitative estimate of drug-likeness (QED) is 0.480. The average molecular weight is 417 g/mol. The van der Waals surface area contributed by atoms with Gasteiger partial charge in [0.05, 0.1) is 4.90 Å². The molecule has 0 bridgehead atoms. The second-order valence-electron chi connectivity index (χ2n) is 6.47. The highest BCUT2D eigenvalue weighted by Crippen LogP contribution is 2.48. The number of hydrogen-bond acceptors (Lipinski definition) is 6. The first-order valence-corrected chi connectivity index (χ1v) is 12.2. The maximum Gasteiger partial charge on any atom is 0.239 e. The van der Waals surface area contributed by atoms with Crippen molar-refractivity contribution in [3.8, 4) is 0 Å². The van der Waals surface area contributed by atoms with Crippen LogP contribution in [0.1, 0.15) is 17.9 Å². The molecule has 8 heteroatoms. The summed E-state index contributed by atoms with van der Waals surface area (Å²) in [6.07, 6.45) is 4.27. The molecule has 27 heavy (non-hydrogen) atoms. The van der Waals surface area contributed by atoms with Crippen molar-refractivity contribution in [3.05, 3.63) is 66.5 Å². The SMILES string of the molecule is O=C(Nc1ccc2cnccc2c1)[C@@H]1C[C@H]1c1ccc(S(=O)(=O)SS)cc1. The summed E-state index contributed by atoms with van der Waals surface area (Å²) in [6, 6.07) is 14.3. The molecule has 0 aliphatic heterocycles. The predicted molar refractivity (Wildman–Crippen MR) is 111 cm³/mol. The number of amides is 1. The lowest BCUT2D eigenvalue weighted by Crippen LogP contribution is -2.14. The number of anilines is 1. The highest BCUT2D eigenvalue weighted by Gasteiger charge is 2.44. The second kappa shape index (κ2) is 7.18. The van der Waals surface area contributed by atoms with Crippen LogP contribution in [-0.2, 0) is 13.7 Å². The zero-order valence-corrected chi connectivity index (χ0v) is 16.6. The van der Waals surface area contributed by atoms with Gasteiger partial charge < -0.3 is 5.32 Å². The molecular formula is C19H16N2O3S3. The lowest BCUT2D eigenvalue weighted by Gasteiger charge is -2.07. The lowest BCUT2D eigenvalue weighted by molar-refractivity contribution is -0.117. The van der Waals surface area contributed by atoms with Gasteiger partial charge in [-0.3, -0.25) is 9.78 Å².